The maximum Gasteiger partial charge on any atom is 0.348 e. The second kappa shape index (κ2) is 3.61. The molecule has 3 unspecified atom stereocenters. The summed E-state index contributed by atoms with van der Waals surface area (Å²) in [5, 5.41) is 9.31. The molecule has 2 rings (SSSR count). The zero-order chi connectivity index (χ0) is 11.9. The van der Waals surface area contributed by atoms with E-state index in [1.807, 2.05) is 0 Å². The normalized spacial score (nSPS) is 36.1. The van der Waals surface area contributed by atoms with E-state index < -0.39 is 17.5 Å². The average Bonchev–Trinajstić information content (AvgIpc) is 2.77. The minimum Gasteiger partial charge on any atom is -0.478 e. The number of hydrogen-bond acceptors (Lipinski definition) is 3. The molecule has 0 radical (unpaired) electrons. The lowest BCUT2D eigenvalue weighted by Crippen LogP contribution is -2.47. The Bertz CT molecular complexity index is 360. The van der Waals surface area contributed by atoms with E-state index in [1.54, 1.807) is 0 Å². The molecule has 0 aromatic carbocycles. The van der Waals surface area contributed by atoms with Crippen molar-refractivity contribution in [2.24, 2.45) is 11.8 Å². The molecule has 2 aliphatic carbocycles. The lowest BCUT2D eigenvalue weighted by molar-refractivity contribution is -0.182. The summed E-state index contributed by atoms with van der Waals surface area (Å²) in [5.74, 6) is -1.21. The molecule has 4 heteroatoms. The number of aliphatic carboxylic acids is 1. The molecule has 0 heterocycles. The molecule has 3 atom stereocenters. The Morgan fingerprint density at radius 2 is 2.12 bits per heavy atom. The van der Waals surface area contributed by atoms with Gasteiger partial charge in [-0.25, -0.2) is 9.59 Å². The molecular weight excluding hydrogens is 208 g/mol. The van der Waals surface area contributed by atoms with Crippen LogP contribution in [0.1, 0.15) is 32.6 Å². The number of ether oxygens (including phenoxy) is 1. The highest BCUT2D eigenvalue weighted by Crippen LogP contribution is 2.52. The third kappa shape index (κ3) is 1.52. The number of rotatable bonds is 3. The van der Waals surface area contributed by atoms with E-state index in [0.717, 1.165) is 19.3 Å². The van der Waals surface area contributed by atoms with Gasteiger partial charge < -0.3 is 9.84 Å². The Morgan fingerprint density at radius 1 is 1.44 bits per heavy atom. The van der Waals surface area contributed by atoms with Crippen molar-refractivity contribution in [3.63, 3.8) is 0 Å². The van der Waals surface area contributed by atoms with Crippen LogP contribution in [0.4, 0.5) is 0 Å². The van der Waals surface area contributed by atoms with Gasteiger partial charge in [-0.1, -0.05) is 6.58 Å². The Labute approximate surface area is 94.3 Å². The Balaban J connectivity index is 2.21. The monoisotopic (exact) mass is 224 g/mol. The standard InChI is InChI=1S/C12H16O4/c1-7(2)10(13)16-12(11(14)15)6-8-3-4-9(12)5-8/h8-9H,1,3-6H2,2H3,(H,14,15). The second-order valence-electron chi connectivity index (χ2n) is 4.94. The van der Waals surface area contributed by atoms with Gasteiger partial charge in [0.05, 0.1) is 0 Å². The van der Waals surface area contributed by atoms with Crippen LogP contribution in [-0.4, -0.2) is 22.6 Å². The lowest BCUT2D eigenvalue weighted by atomic mass is 9.84. The summed E-state index contributed by atoms with van der Waals surface area (Å²) in [7, 11) is 0. The molecule has 0 aromatic heterocycles. The van der Waals surface area contributed by atoms with Crippen molar-refractivity contribution in [2.45, 2.75) is 38.2 Å². The van der Waals surface area contributed by atoms with Crippen LogP contribution in [0.25, 0.3) is 0 Å². The fourth-order valence-corrected chi connectivity index (χ4v) is 2.96. The van der Waals surface area contributed by atoms with Crippen molar-refractivity contribution >= 4 is 11.9 Å². The quantitative estimate of drug-likeness (QED) is 0.586. The van der Waals surface area contributed by atoms with Crippen LogP contribution in [-0.2, 0) is 14.3 Å². The van der Waals surface area contributed by atoms with Gasteiger partial charge in [0.1, 0.15) is 0 Å². The van der Waals surface area contributed by atoms with Crippen LogP contribution in [0.15, 0.2) is 12.2 Å². The minimum atomic E-state index is -1.28. The van der Waals surface area contributed by atoms with Crippen molar-refractivity contribution < 1.29 is 19.4 Å². The molecule has 2 bridgehead atoms. The smallest absolute Gasteiger partial charge is 0.348 e. The van der Waals surface area contributed by atoms with Crippen molar-refractivity contribution in [3.05, 3.63) is 12.2 Å². The number of carbonyl (C=O) groups excluding carboxylic acids is 1. The zero-order valence-corrected chi connectivity index (χ0v) is 9.36. The van der Waals surface area contributed by atoms with Gasteiger partial charge >= 0.3 is 11.9 Å². The molecule has 16 heavy (non-hydrogen) atoms. The number of carbonyl (C=O) groups is 2. The highest BCUT2D eigenvalue weighted by Gasteiger charge is 2.59. The van der Waals surface area contributed by atoms with Gasteiger partial charge in [-0.2, -0.15) is 0 Å². The summed E-state index contributed by atoms with van der Waals surface area (Å²) in [6.07, 6.45) is 3.24. The maximum absolute atomic E-state index is 11.5. The van der Waals surface area contributed by atoms with Gasteiger partial charge in [-0.05, 0) is 32.1 Å². The third-order valence-electron chi connectivity index (χ3n) is 3.78. The average molecular weight is 224 g/mol. The highest BCUT2D eigenvalue weighted by molar-refractivity contribution is 5.91. The molecule has 0 saturated heterocycles. The van der Waals surface area contributed by atoms with Crippen LogP contribution >= 0.6 is 0 Å². The molecule has 2 aliphatic rings. The van der Waals surface area contributed by atoms with E-state index in [-0.39, 0.29) is 11.5 Å². The van der Waals surface area contributed by atoms with E-state index in [1.165, 1.54) is 6.92 Å². The molecule has 2 saturated carbocycles. The molecule has 1 N–H and O–H groups in total. The first-order valence-corrected chi connectivity index (χ1v) is 5.58. The van der Waals surface area contributed by atoms with Crippen LogP contribution in [0, 0.1) is 11.8 Å². The summed E-state index contributed by atoms with van der Waals surface area (Å²) in [5.41, 5.74) is -1.03. The minimum absolute atomic E-state index is 0.0155. The van der Waals surface area contributed by atoms with Crippen molar-refractivity contribution in [3.8, 4) is 0 Å². The predicted molar refractivity (Wildman–Crippen MR) is 56.7 cm³/mol. The fourth-order valence-electron chi connectivity index (χ4n) is 2.96. The molecular formula is C12H16O4. The van der Waals surface area contributed by atoms with Gasteiger partial charge in [0, 0.05) is 17.9 Å². The first kappa shape index (κ1) is 11.2. The first-order chi connectivity index (χ1) is 7.45. The number of carboxylic acids is 1. The molecule has 0 amide bonds. The number of fused-ring (bicyclic) bond motifs is 2. The first-order valence-electron chi connectivity index (χ1n) is 5.58. The summed E-state index contributed by atoms with van der Waals surface area (Å²) in [6, 6.07) is 0. The van der Waals surface area contributed by atoms with Gasteiger partial charge in [0.15, 0.2) is 0 Å². The number of esters is 1. The van der Waals surface area contributed by atoms with Gasteiger partial charge in [-0.15, -0.1) is 0 Å². The summed E-state index contributed by atoms with van der Waals surface area (Å²) >= 11 is 0. The summed E-state index contributed by atoms with van der Waals surface area (Å²) < 4.78 is 5.22. The Kier molecular flexibility index (Phi) is 2.52. The Hall–Kier alpha value is -1.32. The largest absolute Gasteiger partial charge is 0.478 e. The molecule has 0 spiro atoms. The van der Waals surface area contributed by atoms with Gasteiger partial charge in [0.2, 0.25) is 5.60 Å². The predicted octanol–water partition coefficient (Wildman–Crippen LogP) is 1.75. The van der Waals surface area contributed by atoms with Crippen LogP contribution in [0.3, 0.4) is 0 Å². The highest BCUT2D eigenvalue weighted by atomic mass is 16.6. The molecule has 0 aliphatic heterocycles. The number of carboxylic acid groups (broad SMARTS) is 1. The lowest BCUT2D eigenvalue weighted by Gasteiger charge is -2.33. The molecule has 0 aromatic rings. The SMILES string of the molecule is C=C(C)C(=O)OC1(C(=O)O)CC2CCC1C2. The summed E-state index contributed by atoms with van der Waals surface area (Å²) in [4.78, 5) is 22.9. The van der Waals surface area contributed by atoms with Crippen LogP contribution in [0.5, 0.6) is 0 Å². The van der Waals surface area contributed by atoms with E-state index in [9.17, 15) is 14.7 Å². The fraction of sp³-hybridized carbons (Fsp3) is 0.667. The van der Waals surface area contributed by atoms with Gasteiger partial charge in [0.25, 0.3) is 0 Å². The van der Waals surface area contributed by atoms with Crippen molar-refractivity contribution in [1.82, 2.24) is 0 Å². The maximum atomic E-state index is 11.5. The Morgan fingerprint density at radius 3 is 2.50 bits per heavy atom. The molecule has 4 nitrogen and oxygen atoms in total. The molecule has 2 fully saturated rings. The second-order valence-corrected chi connectivity index (χ2v) is 4.94. The van der Waals surface area contributed by atoms with E-state index >= 15 is 0 Å². The van der Waals surface area contributed by atoms with Crippen molar-refractivity contribution in [1.29, 1.82) is 0 Å². The van der Waals surface area contributed by atoms with Crippen molar-refractivity contribution in [2.75, 3.05) is 0 Å². The third-order valence-corrected chi connectivity index (χ3v) is 3.78. The zero-order valence-electron chi connectivity index (χ0n) is 9.36. The number of hydrogen-bond donors (Lipinski definition) is 1. The van der Waals surface area contributed by atoms with E-state index in [0.29, 0.717) is 12.3 Å². The van der Waals surface area contributed by atoms with Crippen LogP contribution < -0.4 is 0 Å². The summed E-state index contributed by atoms with van der Waals surface area (Å²) in [6.45, 7) is 5.01. The van der Waals surface area contributed by atoms with E-state index in [4.69, 9.17) is 4.74 Å². The molecule has 88 valence electrons. The van der Waals surface area contributed by atoms with Gasteiger partial charge in [-0.3, -0.25) is 0 Å². The topological polar surface area (TPSA) is 63.6 Å². The van der Waals surface area contributed by atoms with E-state index in [2.05, 4.69) is 6.58 Å². The van der Waals surface area contributed by atoms with Crippen LogP contribution in [0.2, 0.25) is 0 Å².